The van der Waals surface area contributed by atoms with E-state index in [0.29, 0.717) is 29.3 Å². The summed E-state index contributed by atoms with van der Waals surface area (Å²) in [5.74, 6) is -0.667. The number of nitrogens with two attached hydrogens (primary N) is 1. The fourth-order valence-electron chi connectivity index (χ4n) is 3.93. The van der Waals surface area contributed by atoms with E-state index in [2.05, 4.69) is 5.32 Å². The van der Waals surface area contributed by atoms with Crippen molar-refractivity contribution in [1.82, 2.24) is 5.32 Å². The third-order valence-corrected chi connectivity index (χ3v) is 6.06. The predicted octanol–water partition coefficient (Wildman–Crippen LogP) is 3.38. The molecule has 2 aromatic rings. The van der Waals surface area contributed by atoms with Crippen molar-refractivity contribution in [3.05, 3.63) is 64.2 Å². The molecule has 0 radical (unpaired) electrons. The molecule has 4 rings (SSSR count). The van der Waals surface area contributed by atoms with Gasteiger partial charge in [0.25, 0.3) is 17.7 Å². The summed E-state index contributed by atoms with van der Waals surface area (Å²) in [5.41, 5.74) is 8.74. The van der Waals surface area contributed by atoms with Gasteiger partial charge in [-0.05, 0) is 74.9 Å². The van der Waals surface area contributed by atoms with Gasteiger partial charge in [-0.15, -0.1) is 12.4 Å². The number of nitrogens with one attached hydrogen (secondary N) is 1. The first-order valence-electron chi connectivity index (χ1n) is 9.88. The lowest BCUT2D eigenvalue weighted by atomic mass is 9.95. The summed E-state index contributed by atoms with van der Waals surface area (Å²) in [7, 11) is 0. The maximum atomic E-state index is 13.1. The number of hydrogen-bond acceptors (Lipinski definition) is 4. The van der Waals surface area contributed by atoms with Crippen LogP contribution < -0.4 is 16.0 Å². The lowest BCUT2D eigenvalue weighted by Gasteiger charge is -2.29. The van der Waals surface area contributed by atoms with Gasteiger partial charge in [-0.3, -0.25) is 14.4 Å². The fraction of sp³-hybridized carbons (Fsp3) is 0.348. The van der Waals surface area contributed by atoms with E-state index in [9.17, 15) is 14.4 Å². The van der Waals surface area contributed by atoms with Gasteiger partial charge in [0.1, 0.15) is 0 Å². The zero-order chi connectivity index (χ0) is 20.9. The molecule has 0 aromatic heterocycles. The van der Waals surface area contributed by atoms with Crippen LogP contribution in [-0.2, 0) is 0 Å². The summed E-state index contributed by atoms with van der Waals surface area (Å²) < 4.78 is 0. The predicted molar refractivity (Wildman–Crippen MR) is 118 cm³/mol. The van der Waals surface area contributed by atoms with E-state index >= 15 is 0 Å². The van der Waals surface area contributed by atoms with Crippen molar-refractivity contribution < 1.29 is 14.4 Å². The zero-order valence-corrected chi connectivity index (χ0v) is 18.1. The maximum absolute atomic E-state index is 13.1. The Balaban J connectivity index is 0.00000256. The second kappa shape index (κ2) is 7.85. The van der Waals surface area contributed by atoms with Crippen LogP contribution in [0.25, 0.3) is 0 Å². The summed E-state index contributed by atoms with van der Waals surface area (Å²) in [6.45, 7) is 6.08. The highest BCUT2D eigenvalue weighted by Gasteiger charge is 2.42. The van der Waals surface area contributed by atoms with Gasteiger partial charge in [-0.1, -0.05) is 12.1 Å². The molecular formula is C23H26ClN3O3. The number of carbonyl (C=O) groups excluding carboxylic acids is 3. The average molecular weight is 428 g/mol. The van der Waals surface area contributed by atoms with Crippen LogP contribution in [0.15, 0.2) is 36.4 Å². The van der Waals surface area contributed by atoms with Crippen molar-refractivity contribution in [3.63, 3.8) is 0 Å². The number of imide groups is 1. The van der Waals surface area contributed by atoms with E-state index in [4.69, 9.17) is 5.73 Å². The first kappa shape index (κ1) is 22.0. The molecule has 158 valence electrons. The van der Waals surface area contributed by atoms with Gasteiger partial charge >= 0.3 is 0 Å². The number of fused-ring (bicyclic) bond motifs is 1. The number of rotatable bonds is 5. The summed E-state index contributed by atoms with van der Waals surface area (Å²) >= 11 is 0. The van der Waals surface area contributed by atoms with Crippen molar-refractivity contribution in [2.45, 2.75) is 39.2 Å². The Kier molecular flexibility index (Phi) is 5.76. The highest BCUT2D eigenvalue weighted by molar-refractivity contribution is 6.35. The Morgan fingerprint density at radius 1 is 1.10 bits per heavy atom. The molecule has 1 atom stereocenters. The first-order chi connectivity index (χ1) is 13.7. The van der Waals surface area contributed by atoms with Crippen LogP contribution >= 0.6 is 12.4 Å². The Hall–Kier alpha value is -2.70. The van der Waals surface area contributed by atoms with Crippen molar-refractivity contribution in [2.24, 2.45) is 11.7 Å². The molecule has 3 amide bonds. The highest BCUT2D eigenvalue weighted by Crippen LogP contribution is 2.39. The second-order valence-electron chi connectivity index (χ2n) is 8.35. The van der Waals surface area contributed by atoms with E-state index < -0.39 is 11.4 Å². The monoisotopic (exact) mass is 427 g/mol. The van der Waals surface area contributed by atoms with Crippen molar-refractivity contribution in [1.29, 1.82) is 0 Å². The van der Waals surface area contributed by atoms with E-state index in [1.165, 1.54) is 11.0 Å². The molecular weight excluding hydrogens is 402 g/mol. The molecule has 1 aliphatic carbocycles. The van der Waals surface area contributed by atoms with Crippen LogP contribution in [0.1, 0.15) is 62.0 Å². The topological polar surface area (TPSA) is 92.5 Å². The number of aryl methyl sites for hydroxylation is 2. The Labute approximate surface area is 182 Å². The van der Waals surface area contributed by atoms with Crippen molar-refractivity contribution in [3.8, 4) is 0 Å². The summed E-state index contributed by atoms with van der Waals surface area (Å²) in [6.07, 6.45) is 2.10. The van der Waals surface area contributed by atoms with Gasteiger partial charge < -0.3 is 11.1 Å². The average Bonchev–Trinajstić information content (AvgIpc) is 3.52. The van der Waals surface area contributed by atoms with E-state index in [-0.39, 0.29) is 29.8 Å². The molecule has 0 bridgehead atoms. The Bertz CT molecular complexity index is 1050. The number of amides is 3. The van der Waals surface area contributed by atoms with Crippen LogP contribution in [0.3, 0.4) is 0 Å². The minimum Gasteiger partial charge on any atom is -0.345 e. The minimum atomic E-state index is -0.458. The SMILES string of the molecule is Cc1ccc(C)c(N2C(=O)c3ccc(C(=O)NC(C)(CN)C4CC4)cc3C2=O)c1.Cl. The number of benzene rings is 2. The van der Waals surface area contributed by atoms with Gasteiger partial charge in [-0.25, -0.2) is 4.90 Å². The normalized spacial score (nSPS) is 17.3. The van der Waals surface area contributed by atoms with Crippen molar-refractivity contribution >= 4 is 35.8 Å². The first-order valence-corrected chi connectivity index (χ1v) is 9.88. The molecule has 1 fully saturated rings. The highest BCUT2D eigenvalue weighted by atomic mass is 35.5. The Morgan fingerprint density at radius 2 is 1.77 bits per heavy atom. The smallest absolute Gasteiger partial charge is 0.266 e. The van der Waals surface area contributed by atoms with Crippen LogP contribution in [0, 0.1) is 19.8 Å². The van der Waals surface area contributed by atoms with Crippen molar-refractivity contribution in [2.75, 3.05) is 11.4 Å². The van der Waals surface area contributed by atoms with Gasteiger partial charge in [0.05, 0.1) is 22.4 Å². The molecule has 1 heterocycles. The molecule has 2 aliphatic rings. The number of halogens is 1. The van der Waals surface area contributed by atoms with E-state index in [0.717, 1.165) is 24.0 Å². The molecule has 1 unspecified atom stereocenters. The Morgan fingerprint density at radius 3 is 2.40 bits per heavy atom. The molecule has 1 saturated carbocycles. The number of carbonyl (C=O) groups is 3. The third kappa shape index (κ3) is 3.61. The number of anilines is 1. The molecule has 3 N–H and O–H groups in total. The van der Waals surface area contributed by atoms with Crippen LogP contribution in [0.5, 0.6) is 0 Å². The molecule has 0 saturated heterocycles. The van der Waals surface area contributed by atoms with Gasteiger partial charge in [0.2, 0.25) is 0 Å². The van der Waals surface area contributed by atoms with Gasteiger partial charge in [-0.2, -0.15) is 0 Å². The molecule has 1 aliphatic heterocycles. The number of nitrogens with zero attached hydrogens (tertiary/aromatic N) is 1. The van der Waals surface area contributed by atoms with Crippen LogP contribution in [0.4, 0.5) is 5.69 Å². The summed E-state index contributed by atoms with van der Waals surface area (Å²) in [6, 6.07) is 10.3. The molecule has 30 heavy (non-hydrogen) atoms. The third-order valence-electron chi connectivity index (χ3n) is 6.06. The largest absolute Gasteiger partial charge is 0.345 e. The molecule has 7 heteroatoms. The quantitative estimate of drug-likeness (QED) is 0.715. The molecule has 2 aromatic carbocycles. The van der Waals surface area contributed by atoms with Gasteiger partial charge in [0, 0.05) is 12.1 Å². The standard InChI is InChI=1S/C23H25N3O3.ClH/c1-13-4-5-14(2)19(10-13)26-21(28)17-9-6-15(11-18(17)22(26)29)20(27)25-23(3,12-24)16-7-8-16;/h4-6,9-11,16H,7-8,12,24H2,1-3H3,(H,25,27);1H. The van der Waals surface area contributed by atoms with Crippen LogP contribution in [0.2, 0.25) is 0 Å². The summed E-state index contributed by atoms with van der Waals surface area (Å²) in [5, 5.41) is 3.02. The number of hydrogen-bond donors (Lipinski definition) is 2. The van der Waals surface area contributed by atoms with Gasteiger partial charge in [0.15, 0.2) is 0 Å². The lowest BCUT2D eigenvalue weighted by molar-refractivity contribution is 0.0895. The molecule has 0 spiro atoms. The summed E-state index contributed by atoms with van der Waals surface area (Å²) in [4.78, 5) is 40.0. The fourth-order valence-corrected chi connectivity index (χ4v) is 3.93. The molecule has 6 nitrogen and oxygen atoms in total. The maximum Gasteiger partial charge on any atom is 0.266 e. The van der Waals surface area contributed by atoms with E-state index in [1.807, 2.05) is 39.0 Å². The zero-order valence-electron chi connectivity index (χ0n) is 17.3. The lowest BCUT2D eigenvalue weighted by Crippen LogP contribution is -2.53. The van der Waals surface area contributed by atoms with Crippen LogP contribution in [-0.4, -0.2) is 29.8 Å². The van der Waals surface area contributed by atoms with E-state index in [1.54, 1.807) is 12.1 Å². The minimum absolute atomic E-state index is 0. The second-order valence-corrected chi connectivity index (χ2v) is 8.35.